The molecule has 0 saturated heterocycles. The number of anilines is 1. The molecule has 0 aliphatic carbocycles. The number of hydrogen-bond acceptors (Lipinski definition) is 5. The molecule has 6 heteroatoms. The van der Waals surface area contributed by atoms with Gasteiger partial charge in [-0.25, -0.2) is 0 Å². The van der Waals surface area contributed by atoms with Gasteiger partial charge < -0.3 is 24.3 Å². The zero-order chi connectivity index (χ0) is 19.4. The second-order valence-electron chi connectivity index (χ2n) is 6.45. The second kappa shape index (κ2) is 8.20. The Bertz CT molecular complexity index is 803. The summed E-state index contributed by atoms with van der Waals surface area (Å²) in [4.78, 5) is 12.6. The Morgan fingerprint density at radius 3 is 2.63 bits per heavy atom. The van der Waals surface area contributed by atoms with E-state index in [-0.39, 0.29) is 12.0 Å². The molecular formula is C21H25NO5. The van der Waals surface area contributed by atoms with Gasteiger partial charge in [-0.1, -0.05) is 0 Å². The number of ether oxygens (including phenoxy) is 4. The molecular weight excluding hydrogens is 346 g/mol. The lowest BCUT2D eigenvalue weighted by Gasteiger charge is -2.17. The maximum Gasteiger partial charge on any atom is 0.265 e. The van der Waals surface area contributed by atoms with Crippen LogP contribution in [0.15, 0.2) is 36.4 Å². The third-order valence-electron chi connectivity index (χ3n) is 4.30. The van der Waals surface area contributed by atoms with Crippen molar-refractivity contribution in [2.24, 2.45) is 0 Å². The Balaban J connectivity index is 1.71. The predicted octanol–water partition coefficient (Wildman–Crippen LogP) is 3.82. The van der Waals surface area contributed by atoms with Crippen LogP contribution in [0.5, 0.6) is 23.0 Å². The Labute approximate surface area is 159 Å². The fraction of sp³-hybridized carbons (Fsp3) is 0.381. The molecule has 1 aliphatic heterocycles. The topological polar surface area (TPSA) is 66.0 Å². The fourth-order valence-electron chi connectivity index (χ4n) is 2.96. The number of hydrogen-bond donors (Lipinski definition) is 1. The average Bonchev–Trinajstić information content (AvgIpc) is 3.01. The number of methoxy groups -OCH3 is 1. The van der Waals surface area contributed by atoms with Crippen molar-refractivity contribution >= 4 is 11.6 Å². The molecule has 0 bridgehead atoms. The van der Waals surface area contributed by atoms with Gasteiger partial charge in [0.2, 0.25) is 0 Å². The standard InChI is InChI=1S/C21H25NO5/c1-5-25-20-11-15-10-13(2)26-19(15)12-18(20)22-21(23)14(3)27-17-8-6-16(24-4)7-9-17/h6-9,11-14H,5,10H2,1-4H3,(H,22,23). The molecule has 144 valence electrons. The van der Waals surface area contributed by atoms with Gasteiger partial charge in [-0.05, 0) is 51.1 Å². The first kappa shape index (κ1) is 18.9. The minimum absolute atomic E-state index is 0.123. The molecule has 0 spiro atoms. The summed E-state index contributed by atoms with van der Waals surface area (Å²) in [6, 6.07) is 10.9. The predicted molar refractivity (Wildman–Crippen MR) is 103 cm³/mol. The Morgan fingerprint density at radius 2 is 1.96 bits per heavy atom. The van der Waals surface area contributed by atoms with E-state index >= 15 is 0 Å². The van der Waals surface area contributed by atoms with E-state index in [1.54, 1.807) is 38.3 Å². The lowest BCUT2D eigenvalue weighted by atomic mass is 10.1. The highest BCUT2D eigenvalue weighted by Gasteiger charge is 2.24. The van der Waals surface area contributed by atoms with Gasteiger partial charge in [0, 0.05) is 18.1 Å². The molecule has 2 aromatic rings. The van der Waals surface area contributed by atoms with Gasteiger partial charge in [0.25, 0.3) is 5.91 Å². The Morgan fingerprint density at radius 1 is 1.26 bits per heavy atom. The third kappa shape index (κ3) is 4.45. The highest BCUT2D eigenvalue weighted by Crippen LogP contribution is 2.38. The van der Waals surface area contributed by atoms with Crippen molar-refractivity contribution in [1.82, 2.24) is 0 Å². The molecule has 0 aromatic heterocycles. The number of carbonyl (C=O) groups excluding carboxylic acids is 1. The zero-order valence-electron chi connectivity index (χ0n) is 16.1. The maximum absolute atomic E-state index is 12.6. The van der Waals surface area contributed by atoms with Gasteiger partial charge in [0.05, 0.1) is 19.4 Å². The van der Waals surface area contributed by atoms with E-state index < -0.39 is 6.10 Å². The minimum Gasteiger partial charge on any atom is -0.497 e. The van der Waals surface area contributed by atoms with Crippen LogP contribution < -0.4 is 24.3 Å². The molecule has 2 atom stereocenters. The fourth-order valence-corrected chi connectivity index (χ4v) is 2.96. The highest BCUT2D eigenvalue weighted by atomic mass is 16.5. The van der Waals surface area contributed by atoms with Crippen molar-refractivity contribution in [3.63, 3.8) is 0 Å². The molecule has 2 aromatic carbocycles. The van der Waals surface area contributed by atoms with Gasteiger partial charge in [-0.15, -0.1) is 0 Å². The summed E-state index contributed by atoms with van der Waals surface area (Å²) in [5.74, 6) is 2.48. The van der Waals surface area contributed by atoms with E-state index in [1.165, 1.54) is 0 Å². The first-order valence-electron chi connectivity index (χ1n) is 9.08. The van der Waals surface area contributed by atoms with E-state index in [1.807, 2.05) is 26.0 Å². The first-order chi connectivity index (χ1) is 13.0. The van der Waals surface area contributed by atoms with Crippen LogP contribution in [0.25, 0.3) is 0 Å². The lowest BCUT2D eigenvalue weighted by molar-refractivity contribution is -0.122. The molecule has 0 fully saturated rings. The number of fused-ring (bicyclic) bond motifs is 1. The van der Waals surface area contributed by atoms with Crippen molar-refractivity contribution in [1.29, 1.82) is 0 Å². The van der Waals surface area contributed by atoms with E-state index in [2.05, 4.69) is 5.32 Å². The van der Waals surface area contributed by atoms with Gasteiger partial charge in [-0.2, -0.15) is 0 Å². The summed E-state index contributed by atoms with van der Waals surface area (Å²) in [6.07, 6.45) is 0.277. The van der Waals surface area contributed by atoms with Crippen LogP contribution in [0, 0.1) is 0 Å². The maximum atomic E-state index is 12.6. The average molecular weight is 371 g/mol. The van der Waals surface area contributed by atoms with Gasteiger partial charge >= 0.3 is 0 Å². The lowest BCUT2D eigenvalue weighted by Crippen LogP contribution is -2.30. The summed E-state index contributed by atoms with van der Waals surface area (Å²) in [5.41, 5.74) is 1.67. The summed E-state index contributed by atoms with van der Waals surface area (Å²) < 4.78 is 22.3. The van der Waals surface area contributed by atoms with Crippen molar-refractivity contribution in [3.05, 3.63) is 42.0 Å². The molecule has 1 N–H and O–H groups in total. The number of carbonyl (C=O) groups is 1. The van der Waals surface area contributed by atoms with Crippen LogP contribution in [0.3, 0.4) is 0 Å². The minimum atomic E-state index is -0.680. The molecule has 3 rings (SSSR count). The van der Waals surface area contributed by atoms with Crippen molar-refractivity contribution in [2.75, 3.05) is 19.0 Å². The molecule has 0 radical (unpaired) electrons. The molecule has 6 nitrogen and oxygen atoms in total. The van der Waals surface area contributed by atoms with Gasteiger partial charge in [-0.3, -0.25) is 4.79 Å². The summed E-state index contributed by atoms with van der Waals surface area (Å²) in [5, 5.41) is 2.89. The first-order valence-corrected chi connectivity index (χ1v) is 9.08. The molecule has 1 aliphatic rings. The van der Waals surface area contributed by atoms with Crippen LogP contribution in [0.4, 0.5) is 5.69 Å². The zero-order valence-corrected chi connectivity index (χ0v) is 16.1. The van der Waals surface area contributed by atoms with Crippen LogP contribution in [-0.2, 0) is 11.2 Å². The monoisotopic (exact) mass is 371 g/mol. The Hall–Kier alpha value is -2.89. The van der Waals surface area contributed by atoms with Crippen LogP contribution in [0.2, 0.25) is 0 Å². The second-order valence-corrected chi connectivity index (χ2v) is 6.45. The van der Waals surface area contributed by atoms with Crippen molar-refractivity contribution in [3.8, 4) is 23.0 Å². The van der Waals surface area contributed by atoms with E-state index in [9.17, 15) is 4.79 Å². The third-order valence-corrected chi connectivity index (χ3v) is 4.30. The van der Waals surface area contributed by atoms with E-state index in [4.69, 9.17) is 18.9 Å². The van der Waals surface area contributed by atoms with Gasteiger partial charge in [0.15, 0.2) is 6.10 Å². The molecule has 2 unspecified atom stereocenters. The summed E-state index contributed by atoms with van der Waals surface area (Å²) in [6.45, 7) is 6.14. The number of benzene rings is 2. The van der Waals surface area contributed by atoms with E-state index in [0.29, 0.717) is 23.8 Å². The van der Waals surface area contributed by atoms with Gasteiger partial charge in [0.1, 0.15) is 29.1 Å². The smallest absolute Gasteiger partial charge is 0.265 e. The van der Waals surface area contributed by atoms with Crippen molar-refractivity contribution < 1.29 is 23.7 Å². The largest absolute Gasteiger partial charge is 0.497 e. The summed E-state index contributed by atoms with van der Waals surface area (Å²) >= 11 is 0. The number of rotatable bonds is 7. The SMILES string of the molecule is CCOc1cc2c(cc1NC(=O)C(C)Oc1ccc(OC)cc1)OC(C)C2. The van der Waals surface area contributed by atoms with E-state index in [0.717, 1.165) is 23.5 Å². The number of amides is 1. The highest BCUT2D eigenvalue weighted by molar-refractivity contribution is 5.95. The molecule has 0 saturated carbocycles. The summed E-state index contributed by atoms with van der Waals surface area (Å²) in [7, 11) is 1.60. The normalized spacial score (nSPS) is 16.1. The van der Waals surface area contributed by atoms with Crippen molar-refractivity contribution in [2.45, 2.75) is 39.4 Å². The van der Waals surface area contributed by atoms with Crippen LogP contribution in [-0.4, -0.2) is 31.8 Å². The quantitative estimate of drug-likeness (QED) is 0.801. The molecule has 1 heterocycles. The van der Waals surface area contributed by atoms with Crippen LogP contribution >= 0.6 is 0 Å². The molecule has 1 amide bonds. The van der Waals surface area contributed by atoms with Crippen LogP contribution in [0.1, 0.15) is 26.3 Å². The molecule has 27 heavy (non-hydrogen) atoms. The number of nitrogens with one attached hydrogen (secondary N) is 1. The Kier molecular flexibility index (Phi) is 5.74.